The van der Waals surface area contributed by atoms with Gasteiger partial charge in [0.25, 0.3) is 0 Å². The van der Waals surface area contributed by atoms with Crippen LogP contribution < -0.4 is 10.1 Å². The van der Waals surface area contributed by atoms with E-state index in [0.29, 0.717) is 26.2 Å². The summed E-state index contributed by atoms with van der Waals surface area (Å²) in [5.41, 5.74) is 0.746. The van der Waals surface area contributed by atoms with Gasteiger partial charge in [-0.3, -0.25) is 14.6 Å². The second-order valence-corrected chi connectivity index (χ2v) is 5.43. The van der Waals surface area contributed by atoms with E-state index < -0.39 is 11.9 Å². The Labute approximate surface area is 135 Å². The Morgan fingerprint density at radius 2 is 2.26 bits per heavy atom. The lowest BCUT2D eigenvalue weighted by molar-refractivity contribution is -0.132. The molecular weight excluding hydrogens is 301 g/mol. The molecule has 126 valence electrons. The van der Waals surface area contributed by atoms with Crippen LogP contribution in [-0.4, -0.2) is 54.5 Å². The van der Waals surface area contributed by atoms with Crippen molar-refractivity contribution >= 4 is 11.9 Å². The van der Waals surface area contributed by atoms with Crippen LogP contribution in [-0.2, 0) is 11.3 Å². The van der Waals surface area contributed by atoms with Gasteiger partial charge in [-0.05, 0) is 31.2 Å². The molecule has 3 amide bonds. The Morgan fingerprint density at radius 3 is 2.78 bits per heavy atom. The third-order valence-electron chi connectivity index (χ3n) is 4.04. The summed E-state index contributed by atoms with van der Waals surface area (Å²) >= 11 is 0. The highest BCUT2D eigenvalue weighted by molar-refractivity contribution is 5.98. The number of hydrogen-bond acceptors (Lipinski definition) is 4. The predicted molar refractivity (Wildman–Crippen MR) is 83.6 cm³/mol. The lowest BCUT2D eigenvalue weighted by Crippen LogP contribution is -2.47. The average molecular weight is 323 g/mol. The van der Waals surface area contributed by atoms with Crippen molar-refractivity contribution in [2.75, 3.05) is 26.7 Å². The number of ether oxygens (including phenoxy) is 1. The first-order valence-electron chi connectivity index (χ1n) is 7.63. The molecule has 1 aliphatic heterocycles. The van der Waals surface area contributed by atoms with E-state index in [4.69, 9.17) is 4.74 Å². The Hall–Kier alpha value is -2.15. The summed E-state index contributed by atoms with van der Waals surface area (Å²) in [6.45, 7) is 5.57. The number of methoxy groups -OCH3 is 1. The van der Waals surface area contributed by atoms with Crippen molar-refractivity contribution < 1.29 is 18.7 Å². The molecule has 1 N–H and O–H groups in total. The number of urea groups is 1. The van der Waals surface area contributed by atoms with E-state index in [2.05, 4.69) is 5.32 Å². The number of halogens is 1. The number of nitrogens with one attached hydrogen (secondary N) is 1. The first kappa shape index (κ1) is 17.2. The van der Waals surface area contributed by atoms with E-state index in [1.165, 1.54) is 18.1 Å². The van der Waals surface area contributed by atoms with Gasteiger partial charge in [-0.25, -0.2) is 9.18 Å². The fourth-order valence-electron chi connectivity index (χ4n) is 2.63. The molecule has 23 heavy (non-hydrogen) atoms. The molecule has 0 aromatic heterocycles. The van der Waals surface area contributed by atoms with Gasteiger partial charge in [-0.15, -0.1) is 0 Å². The zero-order valence-electron chi connectivity index (χ0n) is 13.6. The Balaban J connectivity index is 2.08. The Morgan fingerprint density at radius 1 is 1.52 bits per heavy atom. The summed E-state index contributed by atoms with van der Waals surface area (Å²) in [6, 6.07) is 3.92. The molecule has 0 aliphatic carbocycles. The van der Waals surface area contributed by atoms with E-state index in [1.807, 2.05) is 11.8 Å². The molecule has 0 unspecified atom stereocenters. The lowest BCUT2D eigenvalue weighted by Gasteiger charge is -2.29. The third kappa shape index (κ3) is 3.79. The molecule has 1 aromatic carbocycles. The van der Waals surface area contributed by atoms with Gasteiger partial charge < -0.3 is 10.1 Å². The highest BCUT2D eigenvalue weighted by Crippen LogP contribution is 2.19. The van der Waals surface area contributed by atoms with E-state index >= 15 is 0 Å². The zero-order valence-corrected chi connectivity index (χ0v) is 13.6. The highest BCUT2D eigenvalue weighted by Gasteiger charge is 2.32. The number of imide groups is 1. The summed E-state index contributed by atoms with van der Waals surface area (Å²) in [5, 5.41) is 2.62. The molecule has 1 atom stereocenters. The number of nitrogens with zero attached hydrogens (tertiary/aromatic N) is 2. The van der Waals surface area contributed by atoms with Crippen LogP contribution in [0.5, 0.6) is 5.75 Å². The monoisotopic (exact) mass is 323 g/mol. The number of amides is 3. The van der Waals surface area contributed by atoms with Crippen molar-refractivity contribution in [3.8, 4) is 5.75 Å². The van der Waals surface area contributed by atoms with E-state index in [9.17, 15) is 14.0 Å². The van der Waals surface area contributed by atoms with Crippen LogP contribution in [0.1, 0.15) is 19.4 Å². The van der Waals surface area contributed by atoms with Gasteiger partial charge >= 0.3 is 6.03 Å². The first-order valence-corrected chi connectivity index (χ1v) is 7.63. The molecule has 1 aliphatic rings. The van der Waals surface area contributed by atoms with Crippen molar-refractivity contribution in [3.05, 3.63) is 29.6 Å². The van der Waals surface area contributed by atoms with E-state index in [1.54, 1.807) is 19.1 Å². The van der Waals surface area contributed by atoms with Crippen LogP contribution in [0.3, 0.4) is 0 Å². The highest BCUT2D eigenvalue weighted by atomic mass is 19.1. The minimum Gasteiger partial charge on any atom is -0.494 e. The maximum atomic E-state index is 13.8. The summed E-state index contributed by atoms with van der Waals surface area (Å²) < 4.78 is 18.7. The normalized spacial score (nSPS) is 15.7. The van der Waals surface area contributed by atoms with E-state index in [-0.39, 0.29) is 17.7 Å². The minimum absolute atomic E-state index is 0.190. The van der Waals surface area contributed by atoms with Crippen LogP contribution in [0.2, 0.25) is 0 Å². The van der Waals surface area contributed by atoms with Gasteiger partial charge in [0.15, 0.2) is 11.6 Å². The molecule has 6 nitrogen and oxygen atoms in total. The van der Waals surface area contributed by atoms with Gasteiger partial charge in [-0.1, -0.05) is 13.0 Å². The average Bonchev–Trinajstić information content (AvgIpc) is 2.97. The van der Waals surface area contributed by atoms with Crippen LogP contribution in [0.4, 0.5) is 9.18 Å². The summed E-state index contributed by atoms with van der Waals surface area (Å²) in [6.07, 6.45) is 0. The van der Waals surface area contributed by atoms with Crippen molar-refractivity contribution in [3.63, 3.8) is 0 Å². The molecule has 1 saturated heterocycles. The molecule has 0 saturated carbocycles. The predicted octanol–water partition coefficient (Wildman–Crippen LogP) is 1.60. The Bertz CT molecular complexity index is 594. The zero-order chi connectivity index (χ0) is 17.0. The standard InChI is InChI=1S/C16H22FN3O3/c1-4-19(10-12-5-6-14(23-3)13(17)9-12)11(2)15(21)20-8-7-18-16(20)22/h5-6,9,11H,4,7-8,10H2,1-3H3,(H,18,22)/t11-/m0/s1. The fourth-order valence-corrected chi connectivity index (χ4v) is 2.63. The second kappa shape index (κ2) is 7.41. The SMILES string of the molecule is CCN(Cc1ccc(OC)c(F)c1)[C@@H](C)C(=O)N1CCNC1=O. The van der Waals surface area contributed by atoms with Gasteiger partial charge in [0.2, 0.25) is 5.91 Å². The van der Waals surface area contributed by atoms with Gasteiger partial charge in [-0.2, -0.15) is 0 Å². The number of likely N-dealkylation sites (N-methyl/N-ethyl adjacent to an activating group) is 1. The van der Waals surface area contributed by atoms with Gasteiger partial charge in [0.1, 0.15) is 0 Å². The maximum Gasteiger partial charge on any atom is 0.324 e. The number of carbonyl (C=O) groups is 2. The number of benzene rings is 1. The van der Waals surface area contributed by atoms with Crippen LogP contribution in [0.25, 0.3) is 0 Å². The quantitative estimate of drug-likeness (QED) is 0.864. The molecule has 0 spiro atoms. The van der Waals surface area contributed by atoms with Gasteiger partial charge in [0, 0.05) is 19.6 Å². The van der Waals surface area contributed by atoms with Crippen LogP contribution >= 0.6 is 0 Å². The maximum absolute atomic E-state index is 13.8. The second-order valence-electron chi connectivity index (χ2n) is 5.43. The van der Waals surface area contributed by atoms with Crippen molar-refractivity contribution in [1.29, 1.82) is 0 Å². The smallest absolute Gasteiger partial charge is 0.324 e. The van der Waals surface area contributed by atoms with Crippen molar-refractivity contribution in [1.82, 2.24) is 15.1 Å². The molecule has 7 heteroatoms. The summed E-state index contributed by atoms with van der Waals surface area (Å²) in [4.78, 5) is 27.2. The fraction of sp³-hybridized carbons (Fsp3) is 0.500. The number of carbonyl (C=O) groups excluding carboxylic acids is 2. The molecule has 2 rings (SSSR count). The number of rotatable bonds is 6. The molecule has 1 heterocycles. The minimum atomic E-state index is -0.464. The topological polar surface area (TPSA) is 61.9 Å². The molecular formula is C16H22FN3O3. The first-order chi connectivity index (χ1) is 11.0. The van der Waals surface area contributed by atoms with Crippen LogP contribution in [0, 0.1) is 5.82 Å². The molecule has 0 radical (unpaired) electrons. The molecule has 0 bridgehead atoms. The largest absolute Gasteiger partial charge is 0.494 e. The van der Waals surface area contributed by atoms with Crippen LogP contribution in [0.15, 0.2) is 18.2 Å². The molecule has 1 aromatic rings. The van der Waals surface area contributed by atoms with Crippen molar-refractivity contribution in [2.24, 2.45) is 0 Å². The van der Waals surface area contributed by atoms with Crippen molar-refractivity contribution in [2.45, 2.75) is 26.4 Å². The number of hydrogen-bond donors (Lipinski definition) is 1. The summed E-state index contributed by atoms with van der Waals surface area (Å²) in [7, 11) is 1.41. The summed E-state index contributed by atoms with van der Waals surface area (Å²) in [5.74, 6) is -0.482. The van der Waals surface area contributed by atoms with Gasteiger partial charge in [0.05, 0.1) is 13.2 Å². The van der Waals surface area contributed by atoms with E-state index in [0.717, 1.165) is 5.56 Å². The molecule has 1 fully saturated rings. The lowest BCUT2D eigenvalue weighted by atomic mass is 10.1. The Kier molecular flexibility index (Phi) is 5.54. The third-order valence-corrected chi connectivity index (χ3v) is 4.04.